The summed E-state index contributed by atoms with van der Waals surface area (Å²) in [5.41, 5.74) is 1.60. The van der Waals surface area contributed by atoms with Crippen LogP contribution < -0.4 is 4.74 Å². The van der Waals surface area contributed by atoms with Crippen LogP contribution >= 0.6 is 0 Å². The Bertz CT molecular complexity index is 846. The third-order valence-corrected chi connectivity index (χ3v) is 5.23. The summed E-state index contributed by atoms with van der Waals surface area (Å²) in [6.45, 7) is 4.05. The minimum atomic E-state index is -1.77. The van der Waals surface area contributed by atoms with Gasteiger partial charge in [0.25, 0.3) is 0 Å². The summed E-state index contributed by atoms with van der Waals surface area (Å²) in [6.07, 6.45) is -8.27. The van der Waals surface area contributed by atoms with E-state index in [1.165, 1.54) is 0 Å². The average Bonchev–Trinajstić information content (AvgIpc) is 2.69. The topological polar surface area (TPSA) is 137 Å². The lowest BCUT2D eigenvalue weighted by Gasteiger charge is -2.38. The van der Waals surface area contributed by atoms with Crippen molar-refractivity contribution >= 4 is 5.97 Å². The minimum Gasteiger partial charge on any atom is -0.508 e. The van der Waals surface area contributed by atoms with Crippen molar-refractivity contribution in [3.05, 3.63) is 59.7 Å². The molecule has 2 aromatic rings. The molecule has 0 spiro atoms. The first-order chi connectivity index (χ1) is 13.6. The van der Waals surface area contributed by atoms with Crippen molar-refractivity contribution in [1.82, 2.24) is 0 Å². The van der Waals surface area contributed by atoms with Crippen molar-refractivity contribution in [2.75, 3.05) is 0 Å². The number of carboxylic acids is 1. The van der Waals surface area contributed by atoms with Crippen LogP contribution in [0.4, 0.5) is 0 Å². The van der Waals surface area contributed by atoms with Crippen LogP contribution in [-0.4, -0.2) is 62.2 Å². The number of aliphatic hydroxyl groups is 3. The summed E-state index contributed by atoms with van der Waals surface area (Å²) < 4.78 is 10.6. The highest BCUT2D eigenvalue weighted by Crippen LogP contribution is 2.33. The zero-order valence-electron chi connectivity index (χ0n) is 16.0. The van der Waals surface area contributed by atoms with Crippen molar-refractivity contribution < 1.29 is 39.8 Å². The highest BCUT2D eigenvalue weighted by molar-refractivity contribution is 5.73. The van der Waals surface area contributed by atoms with Crippen LogP contribution in [0.5, 0.6) is 11.5 Å². The van der Waals surface area contributed by atoms with E-state index in [1.807, 2.05) is 38.1 Å². The number of hydrogen-bond acceptors (Lipinski definition) is 7. The van der Waals surface area contributed by atoms with E-state index in [0.29, 0.717) is 5.75 Å². The Morgan fingerprint density at radius 3 is 1.93 bits per heavy atom. The zero-order chi connectivity index (χ0) is 21.3. The van der Waals surface area contributed by atoms with Crippen molar-refractivity contribution in [3.8, 4) is 11.5 Å². The molecule has 0 aromatic heterocycles. The van der Waals surface area contributed by atoms with E-state index in [1.54, 1.807) is 24.3 Å². The molecular weight excluding hydrogens is 380 g/mol. The van der Waals surface area contributed by atoms with E-state index in [-0.39, 0.29) is 11.2 Å². The maximum atomic E-state index is 11.2. The van der Waals surface area contributed by atoms with Gasteiger partial charge >= 0.3 is 5.97 Å². The predicted molar refractivity (Wildman–Crippen MR) is 102 cm³/mol. The van der Waals surface area contributed by atoms with Crippen molar-refractivity contribution in [3.63, 3.8) is 0 Å². The number of phenols is 1. The molecule has 1 fully saturated rings. The van der Waals surface area contributed by atoms with E-state index in [4.69, 9.17) is 14.6 Å². The first kappa shape index (κ1) is 21.1. The van der Waals surface area contributed by atoms with E-state index in [0.717, 1.165) is 11.1 Å². The molecule has 1 aliphatic heterocycles. The summed E-state index contributed by atoms with van der Waals surface area (Å²) in [5, 5.41) is 48.2. The number of phenolic OH excluding ortho intramolecular Hbond substituents is 1. The molecular formula is C21H24O8. The molecule has 0 saturated carbocycles. The van der Waals surface area contributed by atoms with Crippen molar-refractivity contribution in [2.24, 2.45) is 0 Å². The molecule has 29 heavy (non-hydrogen) atoms. The molecule has 1 saturated heterocycles. The SMILES string of the molecule is CC(C)(c1ccc(O)cc1)c1ccc(O[C@@H]2OC(C(=O)O)[C@@H](O)C(O)C2O)cc1. The first-order valence-electron chi connectivity index (χ1n) is 9.10. The molecule has 0 aliphatic carbocycles. The zero-order valence-corrected chi connectivity index (χ0v) is 16.0. The fourth-order valence-electron chi connectivity index (χ4n) is 3.28. The van der Waals surface area contributed by atoms with Gasteiger partial charge in [-0.3, -0.25) is 0 Å². The molecule has 5 atom stereocenters. The highest BCUT2D eigenvalue weighted by Gasteiger charge is 2.48. The summed E-state index contributed by atoms with van der Waals surface area (Å²) in [7, 11) is 0. The molecule has 1 heterocycles. The van der Waals surface area contributed by atoms with Crippen LogP contribution in [0.15, 0.2) is 48.5 Å². The van der Waals surface area contributed by atoms with Crippen LogP contribution in [0.1, 0.15) is 25.0 Å². The lowest BCUT2D eigenvalue weighted by molar-refractivity contribution is -0.271. The number of rotatable bonds is 5. The standard InChI is InChI=1S/C21H24O8/c1-21(2,11-3-7-13(22)8-4-11)12-5-9-14(10-6-12)28-20-17(25)15(23)16(24)18(29-20)19(26)27/h3-10,15-18,20,22-25H,1-2H3,(H,26,27)/t15?,16-,17?,18?,20+/m0/s1. The molecule has 3 rings (SSSR count). The van der Waals surface area contributed by atoms with Gasteiger partial charge in [-0.1, -0.05) is 38.1 Å². The van der Waals surface area contributed by atoms with Crippen LogP contribution in [0.2, 0.25) is 0 Å². The molecule has 1 aliphatic rings. The van der Waals surface area contributed by atoms with Gasteiger partial charge in [-0.25, -0.2) is 4.79 Å². The van der Waals surface area contributed by atoms with Crippen molar-refractivity contribution in [1.29, 1.82) is 0 Å². The average molecular weight is 404 g/mol. The van der Waals surface area contributed by atoms with Crippen LogP contribution in [0.25, 0.3) is 0 Å². The summed E-state index contributed by atoms with van der Waals surface area (Å²) in [5.74, 6) is -0.985. The third kappa shape index (κ3) is 4.20. The van der Waals surface area contributed by atoms with E-state index in [9.17, 15) is 25.2 Å². The number of carboxylic acid groups (broad SMARTS) is 1. The molecule has 8 heteroatoms. The van der Waals surface area contributed by atoms with Gasteiger partial charge in [0, 0.05) is 5.41 Å². The summed E-state index contributed by atoms with van der Waals surface area (Å²) >= 11 is 0. The number of aliphatic carboxylic acids is 1. The monoisotopic (exact) mass is 404 g/mol. The van der Waals surface area contributed by atoms with Gasteiger partial charge in [0.15, 0.2) is 6.10 Å². The Hall–Kier alpha value is -2.65. The Labute approximate surface area is 167 Å². The Morgan fingerprint density at radius 1 is 0.897 bits per heavy atom. The van der Waals surface area contributed by atoms with Gasteiger partial charge in [0.2, 0.25) is 6.29 Å². The maximum absolute atomic E-state index is 11.2. The van der Waals surface area contributed by atoms with Gasteiger partial charge in [0.1, 0.15) is 29.8 Å². The molecule has 0 bridgehead atoms. The number of carbonyl (C=O) groups is 1. The second kappa shape index (κ2) is 8.00. The molecule has 0 radical (unpaired) electrons. The van der Waals surface area contributed by atoms with Gasteiger partial charge in [-0.05, 0) is 35.4 Å². The number of benzene rings is 2. The number of aliphatic hydroxyl groups excluding tert-OH is 3. The predicted octanol–water partition coefficient (Wildman–Crippen LogP) is 0.989. The fraction of sp³-hybridized carbons (Fsp3) is 0.381. The Morgan fingerprint density at radius 2 is 1.41 bits per heavy atom. The first-order valence-corrected chi connectivity index (χ1v) is 9.10. The van der Waals surface area contributed by atoms with Gasteiger partial charge in [-0.2, -0.15) is 0 Å². The summed E-state index contributed by atoms with van der Waals surface area (Å²) in [4.78, 5) is 11.2. The maximum Gasteiger partial charge on any atom is 0.335 e. The summed E-state index contributed by atoms with van der Waals surface area (Å²) in [6, 6.07) is 13.8. The number of aromatic hydroxyl groups is 1. The smallest absolute Gasteiger partial charge is 0.335 e. The fourth-order valence-corrected chi connectivity index (χ4v) is 3.28. The Balaban J connectivity index is 1.76. The molecule has 8 nitrogen and oxygen atoms in total. The molecule has 5 N–H and O–H groups in total. The molecule has 3 unspecified atom stereocenters. The Kier molecular flexibility index (Phi) is 5.81. The lowest BCUT2D eigenvalue weighted by Crippen LogP contribution is -2.61. The normalized spacial score (nSPS) is 27.4. The van der Waals surface area contributed by atoms with Crippen LogP contribution in [0, 0.1) is 0 Å². The largest absolute Gasteiger partial charge is 0.508 e. The van der Waals surface area contributed by atoms with Gasteiger partial charge in [0.05, 0.1) is 0 Å². The third-order valence-electron chi connectivity index (χ3n) is 5.23. The van der Waals surface area contributed by atoms with Crippen LogP contribution in [0.3, 0.4) is 0 Å². The number of hydrogen-bond donors (Lipinski definition) is 5. The highest BCUT2D eigenvalue weighted by atomic mass is 16.7. The van der Waals surface area contributed by atoms with Gasteiger partial charge in [-0.15, -0.1) is 0 Å². The van der Waals surface area contributed by atoms with E-state index >= 15 is 0 Å². The van der Waals surface area contributed by atoms with Gasteiger partial charge < -0.3 is 35.0 Å². The molecule has 0 amide bonds. The van der Waals surface area contributed by atoms with E-state index in [2.05, 4.69) is 0 Å². The molecule has 2 aromatic carbocycles. The lowest BCUT2D eigenvalue weighted by atomic mass is 9.78. The minimum absolute atomic E-state index is 0.186. The van der Waals surface area contributed by atoms with Crippen molar-refractivity contribution in [2.45, 2.75) is 50.0 Å². The van der Waals surface area contributed by atoms with E-state index < -0.39 is 36.7 Å². The quantitative estimate of drug-likeness (QED) is 0.498. The second-order valence-electron chi connectivity index (χ2n) is 7.55. The second-order valence-corrected chi connectivity index (χ2v) is 7.55. The molecule has 156 valence electrons. The van der Waals surface area contributed by atoms with Crippen LogP contribution in [-0.2, 0) is 14.9 Å². The number of ether oxygens (including phenoxy) is 2.